The van der Waals surface area contributed by atoms with Crippen LogP contribution in [0.15, 0.2) is 71.7 Å². The molecule has 4 aromatic rings. The number of hydrogen-bond acceptors (Lipinski definition) is 8. The molecule has 3 heterocycles. The maximum atomic E-state index is 13.4. The van der Waals surface area contributed by atoms with Crippen molar-refractivity contribution in [1.29, 1.82) is 0 Å². The van der Waals surface area contributed by atoms with Gasteiger partial charge in [0.1, 0.15) is 10.8 Å². The first-order valence-electron chi connectivity index (χ1n) is 14.2. The summed E-state index contributed by atoms with van der Waals surface area (Å²) in [6.45, 7) is 7.74. The van der Waals surface area contributed by atoms with E-state index in [2.05, 4.69) is 49.6 Å². The lowest BCUT2D eigenvalue weighted by Crippen LogP contribution is -2.44. The van der Waals surface area contributed by atoms with Crippen LogP contribution in [0.25, 0.3) is 0 Å². The van der Waals surface area contributed by atoms with Gasteiger partial charge in [0.15, 0.2) is 5.78 Å². The number of ketones is 1. The fourth-order valence-corrected chi connectivity index (χ4v) is 6.20. The van der Waals surface area contributed by atoms with Crippen LogP contribution in [0.1, 0.15) is 47.8 Å². The quantitative estimate of drug-likeness (QED) is 0.219. The summed E-state index contributed by atoms with van der Waals surface area (Å²) in [6, 6.07) is 20.1. The number of hydrogen-bond donors (Lipinski definition) is 2. The molecule has 0 spiro atoms. The second-order valence-corrected chi connectivity index (χ2v) is 12.1. The predicted molar refractivity (Wildman–Crippen MR) is 172 cm³/mol. The Kier molecular flexibility index (Phi) is 7.88. The van der Waals surface area contributed by atoms with Gasteiger partial charge in [0.25, 0.3) is 5.91 Å². The molecule has 9 nitrogen and oxygen atoms in total. The van der Waals surface area contributed by atoms with E-state index in [1.54, 1.807) is 55.6 Å². The Bertz CT molecular complexity index is 1740. The van der Waals surface area contributed by atoms with Gasteiger partial charge in [-0.15, -0.1) is 11.3 Å². The minimum atomic E-state index is -0.547. The second kappa shape index (κ2) is 11.9. The number of fused-ring (bicyclic) bond motifs is 1. The van der Waals surface area contributed by atoms with Gasteiger partial charge in [0.05, 0.1) is 16.4 Å². The Morgan fingerprint density at radius 3 is 2.47 bits per heavy atom. The number of nitrogens with one attached hydrogen (secondary N) is 2. The molecule has 0 aliphatic carbocycles. The van der Waals surface area contributed by atoms with Crippen molar-refractivity contribution < 1.29 is 14.4 Å². The zero-order valence-corrected chi connectivity index (χ0v) is 25.1. The van der Waals surface area contributed by atoms with Crippen LogP contribution in [0.5, 0.6) is 0 Å². The zero-order chi connectivity index (χ0) is 30.1. The Labute approximate surface area is 254 Å². The summed E-state index contributed by atoms with van der Waals surface area (Å²) in [4.78, 5) is 53.1. The number of carbonyl (C=O) groups is 3. The van der Waals surface area contributed by atoms with Gasteiger partial charge in [-0.05, 0) is 68.9 Å². The molecule has 43 heavy (non-hydrogen) atoms. The lowest BCUT2D eigenvalue weighted by Gasteiger charge is -2.34. The van der Waals surface area contributed by atoms with Crippen molar-refractivity contribution in [3.05, 3.63) is 99.0 Å². The van der Waals surface area contributed by atoms with Crippen LogP contribution in [-0.2, 0) is 4.79 Å². The lowest BCUT2D eigenvalue weighted by molar-refractivity contribution is -0.115. The molecule has 1 saturated heterocycles. The van der Waals surface area contributed by atoms with Gasteiger partial charge < -0.3 is 20.4 Å². The Hall–Kier alpha value is -4.67. The number of amides is 2. The van der Waals surface area contributed by atoms with E-state index in [1.165, 1.54) is 17.0 Å². The van der Waals surface area contributed by atoms with Crippen molar-refractivity contribution in [2.45, 2.75) is 19.8 Å². The number of aryl methyl sites for hydroxylation is 2. The van der Waals surface area contributed by atoms with E-state index in [9.17, 15) is 14.4 Å². The summed E-state index contributed by atoms with van der Waals surface area (Å²) >= 11 is 1.33. The molecule has 1 unspecified atom stereocenters. The number of benzene rings is 3. The first-order chi connectivity index (χ1) is 20.7. The predicted octanol–water partition coefficient (Wildman–Crippen LogP) is 5.43. The Morgan fingerprint density at radius 2 is 1.74 bits per heavy atom. The number of anilines is 3. The number of likely N-dealkylation sites (N-methyl/N-ethyl adjacent to an activating group) is 1. The van der Waals surface area contributed by atoms with Gasteiger partial charge in [0, 0.05) is 60.6 Å². The summed E-state index contributed by atoms with van der Waals surface area (Å²) in [5, 5.41) is 6.58. The van der Waals surface area contributed by atoms with Crippen LogP contribution in [0.4, 0.5) is 22.7 Å². The minimum absolute atomic E-state index is 0.185. The molecular formula is C33H32N6O3S. The fraction of sp³-hybridized carbons (Fsp3) is 0.242. The van der Waals surface area contributed by atoms with E-state index < -0.39 is 5.92 Å². The lowest BCUT2D eigenvalue weighted by atomic mass is 9.97. The van der Waals surface area contributed by atoms with E-state index in [0.29, 0.717) is 33.1 Å². The molecular weight excluding hydrogens is 560 g/mol. The van der Waals surface area contributed by atoms with E-state index in [4.69, 9.17) is 0 Å². The van der Waals surface area contributed by atoms with Crippen LogP contribution in [0.2, 0.25) is 0 Å². The largest absolute Gasteiger partial charge is 0.369 e. The van der Waals surface area contributed by atoms with E-state index in [1.807, 2.05) is 19.1 Å². The number of piperazine rings is 1. The molecule has 218 valence electrons. The summed E-state index contributed by atoms with van der Waals surface area (Å²) in [5.41, 5.74) is 5.38. The summed E-state index contributed by atoms with van der Waals surface area (Å²) < 4.78 is 0. The molecule has 2 N–H and O–H groups in total. The third-order valence-electron chi connectivity index (χ3n) is 7.77. The van der Waals surface area contributed by atoms with Crippen LogP contribution in [-0.4, -0.2) is 66.9 Å². The Balaban J connectivity index is 1.14. The molecule has 0 radical (unpaired) electrons. The number of aliphatic imine (C=N–C) groups is 1. The van der Waals surface area contributed by atoms with Crippen LogP contribution in [0.3, 0.4) is 0 Å². The number of carbonyl (C=O) groups excluding carboxylic acids is 3. The SMILES string of the molecule is Cc1nc(C)c(C(=O)Nc2cccc(C(=O)c3ccc4c(c3)NC(=O)C4C=Nc3ccc(N4CCN(C)CC4)cc3)c2)s1. The van der Waals surface area contributed by atoms with Crippen molar-refractivity contribution in [1.82, 2.24) is 9.88 Å². The molecule has 1 fully saturated rings. The minimum Gasteiger partial charge on any atom is -0.369 e. The molecule has 0 saturated carbocycles. The van der Waals surface area contributed by atoms with Crippen LogP contribution in [0, 0.1) is 13.8 Å². The fourth-order valence-electron chi connectivity index (χ4n) is 5.39. The number of aromatic nitrogens is 1. The molecule has 0 bridgehead atoms. The highest BCUT2D eigenvalue weighted by atomic mass is 32.1. The van der Waals surface area contributed by atoms with Gasteiger partial charge in [-0.25, -0.2) is 4.98 Å². The normalized spacial score (nSPS) is 16.8. The number of thiazole rings is 1. The highest BCUT2D eigenvalue weighted by Gasteiger charge is 2.30. The standard InChI is InChI=1S/C33H32N6O3S/c1-20-31(43-21(2)35-20)33(42)36-25-6-4-5-22(17-25)30(40)23-7-12-27-28(32(41)37-29(27)18-23)19-34-24-8-10-26(11-9-24)39-15-13-38(3)14-16-39/h4-12,17-19,28H,13-16H2,1-3H3,(H,36,42)(H,37,41). The van der Waals surface area contributed by atoms with Gasteiger partial charge in [-0.2, -0.15) is 0 Å². The molecule has 3 aromatic carbocycles. The van der Waals surface area contributed by atoms with Crippen molar-refractivity contribution in [3.63, 3.8) is 0 Å². The third-order valence-corrected chi connectivity index (χ3v) is 8.85. The maximum Gasteiger partial charge on any atom is 0.267 e. The highest BCUT2D eigenvalue weighted by molar-refractivity contribution is 7.13. The second-order valence-electron chi connectivity index (χ2n) is 10.9. The summed E-state index contributed by atoms with van der Waals surface area (Å²) in [5.74, 6) is -1.20. The molecule has 1 aromatic heterocycles. The van der Waals surface area contributed by atoms with Crippen molar-refractivity contribution in [3.8, 4) is 0 Å². The molecule has 2 amide bonds. The topological polar surface area (TPSA) is 107 Å². The number of rotatable bonds is 7. The summed E-state index contributed by atoms with van der Waals surface area (Å²) in [7, 11) is 2.14. The van der Waals surface area contributed by atoms with Gasteiger partial charge >= 0.3 is 0 Å². The molecule has 2 aliphatic heterocycles. The van der Waals surface area contributed by atoms with Gasteiger partial charge in [-0.1, -0.05) is 24.3 Å². The van der Waals surface area contributed by atoms with Crippen LogP contribution < -0.4 is 15.5 Å². The Morgan fingerprint density at radius 1 is 1.00 bits per heavy atom. The van der Waals surface area contributed by atoms with E-state index >= 15 is 0 Å². The first-order valence-corrected chi connectivity index (χ1v) is 15.0. The molecule has 1 atom stereocenters. The van der Waals surface area contributed by atoms with Gasteiger partial charge in [0.2, 0.25) is 5.91 Å². The van der Waals surface area contributed by atoms with E-state index in [0.717, 1.165) is 42.4 Å². The molecule has 10 heteroatoms. The van der Waals surface area contributed by atoms with Crippen LogP contribution >= 0.6 is 11.3 Å². The van der Waals surface area contributed by atoms with Crippen molar-refractivity contribution >= 4 is 57.9 Å². The smallest absolute Gasteiger partial charge is 0.267 e. The average molecular weight is 593 g/mol. The third kappa shape index (κ3) is 6.11. The number of nitrogens with zero attached hydrogens (tertiary/aromatic N) is 4. The first kappa shape index (κ1) is 28.4. The molecule has 6 rings (SSSR count). The summed E-state index contributed by atoms with van der Waals surface area (Å²) in [6.07, 6.45) is 1.66. The van der Waals surface area contributed by atoms with Crippen molar-refractivity contribution in [2.24, 2.45) is 4.99 Å². The zero-order valence-electron chi connectivity index (χ0n) is 24.3. The molecule has 2 aliphatic rings. The monoisotopic (exact) mass is 592 g/mol. The van der Waals surface area contributed by atoms with Crippen molar-refractivity contribution in [2.75, 3.05) is 48.8 Å². The highest BCUT2D eigenvalue weighted by Crippen LogP contribution is 2.34. The maximum absolute atomic E-state index is 13.4. The van der Waals surface area contributed by atoms with Gasteiger partial charge in [-0.3, -0.25) is 19.4 Å². The van der Waals surface area contributed by atoms with E-state index in [-0.39, 0.29) is 17.6 Å². The average Bonchev–Trinajstić information content (AvgIpc) is 3.52.